The Hall–Kier alpha value is -7.46. The Morgan fingerprint density at radius 1 is 0.597 bits per heavy atom. The standard InChI is InChI=1S/C44H63N11O17/c45-33(59)13-11-24(49-40(67)31-5-3-17-55(31)43(70)30(21-57)53-41(68)32-6-2-16-54(32)42(69)26-4-1-15-47-26)36(63)48-25(12-14-35(61)62)37(64)50-27(19-34(46)60)38(65)52-29(20-56)39(66)51-28(44(71)72)18-22-7-9-23(58)10-8-22/h7-10,24-32,47,56-58H,1-6,11-21H2,(H2,45,59)(H2,46,60)(H,48,63)(H,49,67)(H,50,64)(H,51,66)(H,52,65)(H,53,68)(H,61,62)(H,71,72)/t24-,25-,26-,27-,28-,29-,30-,31-,32-/m0/s1. The lowest BCUT2D eigenvalue weighted by molar-refractivity contribution is -0.145. The van der Waals surface area contributed by atoms with Crippen LogP contribution in [0.2, 0.25) is 0 Å². The lowest BCUT2D eigenvalue weighted by Crippen LogP contribution is -2.61. The van der Waals surface area contributed by atoms with Crippen molar-refractivity contribution in [2.24, 2.45) is 11.5 Å². The van der Waals surface area contributed by atoms with Gasteiger partial charge in [0.1, 0.15) is 54.1 Å². The normalized spacial score (nSPS) is 19.8. The quantitative estimate of drug-likeness (QED) is 0.0390. The number of carbonyl (C=O) groups is 12. The first-order valence-electron chi connectivity index (χ1n) is 23.3. The summed E-state index contributed by atoms with van der Waals surface area (Å²) in [4.78, 5) is 159. The SMILES string of the molecule is NC(=O)CC[C@H](NC(=O)[C@@H]1CCCN1C(=O)[C@H](CO)NC(=O)[C@@H]1CCCN1C(=O)[C@@H]1CCCN1)C(=O)N[C@@H](CCC(=O)O)C(=O)N[C@@H](CC(N)=O)C(=O)N[C@@H](CO)C(=O)N[C@@H](Cc1ccc(O)cc1)C(=O)O. The molecule has 3 saturated heterocycles. The van der Waals surface area contributed by atoms with Gasteiger partial charge in [-0.25, -0.2) is 4.79 Å². The molecular formula is C44H63N11O17. The number of aliphatic hydroxyl groups excluding tert-OH is 2. The van der Waals surface area contributed by atoms with Gasteiger partial charge in [-0.2, -0.15) is 0 Å². The molecule has 28 nitrogen and oxygen atoms in total. The Balaban J connectivity index is 1.45. The van der Waals surface area contributed by atoms with Crippen molar-refractivity contribution in [1.29, 1.82) is 0 Å². The molecule has 3 aliphatic rings. The number of likely N-dealkylation sites (tertiary alicyclic amines) is 2. The van der Waals surface area contributed by atoms with Gasteiger partial charge in [-0.05, 0) is 75.6 Å². The Morgan fingerprint density at radius 3 is 1.64 bits per heavy atom. The molecule has 10 amide bonds. The van der Waals surface area contributed by atoms with Crippen molar-refractivity contribution in [2.45, 2.75) is 131 Å². The van der Waals surface area contributed by atoms with Gasteiger partial charge in [0.2, 0.25) is 59.1 Å². The maximum atomic E-state index is 13.9. The van der Waals surface area contributed by atoms with Crippen molar-refractivity contribution in [3.63, 3.8) is 0 Å². The highest BCUT2D eigenvalue weighted by Gasteiger charge is 2.43. The van der Waals surface area contributed by atoms with Crippen LogP contribution >= 0.6 is 0 Å². The van der Waals surface area contributed by atoms with E-state index in [1.54, 1.807) is 0 Å². The lowest BCUT2D eigenvalue weighted by atomic mass is 10.0. The van der Waals surface area contributed by atoms with Gasteiger partial charge in [-0.3, -0.25) is 52.7 Å². The number of nitrogens with two attached hydrogens (primary N) is 2. The summed E-state index contributed by atoms with van der Waals surface area (Å²) < 4.78 is 0. The van der Waals surface area contributed by atoms with E-state index in [1.165, 1.54) is 29.2 Å². The summed E-state index contributed by atoms with van der Waals surface area (Å²) in [5.74, 6) is -12.9. The number of benzene rings is 1. The van der Waals surface area contributed by atoms with Gasteiger partial charge >= 0.3 is 11.9 Å². The van der Waals surface area contributed by atoms with Crippen LogP contribution in [0.15, 0.2) is 24.3 Å². The monoisotopic (exact) mass is 1020 g/mol. The van der Waals surface area contributed by atoms with Crippen LogP contribution < -0.4 is 48.7 Å². The molecule has 396 valence electrons. The van der Waals surface area contributed by atoms with Crippen LogP contribution in [0.3, 0.4) is 0 Å². The van der Waals surface area contributed by atoms with Crippen LogP contribution in [0.5, 0.6) is 5.75 Å². The number of aromatic hydroxyl groups is 1. The molecule has 16 N–H and O–H groups in total. The molecule has 0 unspecified atom stereocenters. The number of aliphatic hydroxyl groups is 2. The summed E-state index contributed by atoms with van der Waals surface area (Å²) in [6, 6.07) is -7.79. The summed E-state index contributed by atoms with van der Waals surface area (Å²) in [7, 11) is 0. The van der Waals surface area contributed by atoms with Gasteiger partial charge in [0.25, 0.3) is 0 Å². The molecule has 9 atom stereocenters. The first kappa shape index (κ1) is 57.1. The van der Waals surface area contributed by atoms with Crippen LogP contribution in [0.4, 0.5) is 0 Å². The van der Waals surface area contributed by atoms with Gasteiger partial charge in [-0.15, -0.1) is 0 Å². The topological polar surface area (TPSA) is 449 Å². The van der Waals surface area contributed by atoms with E-state index in [0.717, 1.165) is 11.3 Å². The second-order valence-electron chi connectivity index (χ2n) is 17.6. The maximum Gasteiger partial charge on any atom is 0.326 e. The molecule has 0 aromatic heterocycles. The van der Waals surface area contributed by atoms with Crippen molar-refractivity contribution < 1.29 is 83.1 Å². The fourth-order valence-electron chi connectivity index (χ4n) is 8.48. The third-order valence-electron chi connectivity index (χ3n) is 12.3. The minimum absolute atomic E-state index is 0.0199. The second-order valence-corrected chi connectivity index (χ2v) is 17.6. The van der Waals surface area contributed by atoms with Crippen molar-refractivity contribution in [1.82, 2.24) is 47.0 Å². The molecule has 1 aromatic rings. The molecule has 4 rings (SSSR count). The zero-order valence-corrected chi connectivity index (χ0v) is 39.2. The average molecular weight is 1020 g/mol. The molecule has 28 heteroatoms. The Morgan fingerprint density at radius 2 is 1.10 bits per heavy atom. The van der Waals surface area contributed by atoms with Gasteiger partial charge in [0, 0.05) is 32.4 Å². The fraction of sp³-hybridized carbons (Fsp3) is 0.591. The molecular weight excluding hydrogens is 955 g/mol. The first-order chi connectivity index (χ1) is 34.1. The van der Waals surface area contributed by atoms with E-state index in [1.807, 2.05) is 0 Å². The Labute approximate surface area is 411 Å². The number of primary amides is 2. The van der Waals surface area contributed by atoms with Gasteiger partial charge in [0.15, 0.2) is 0 Å². The molecule has 3 aliphatic heterocycles. The predicted octanol–water partition coefficient (Wildman–Crippen LogP) is -6.35. The van der Waals surface area contributed by atoms with Crippen molar-refractivity contribution in [3.05, 3.63) is 29.8 Å². The molecule has 72 heavy (non-hydrogen) atoms. The third-order valence-corrected chi connectivity index (χ3v) is 12.3. The van der Waals surface area contributed by atoms with Crippen molar-refractivity contribution in [2.75, 3.05) is 32.8 Å². The number of rotatable bonds is 27. The predicted molar refractivity (Wildman–Crippen MR) is 245 cm³/mol. The molecule has 3 heterocycles. The molecule has 0 bridgehead atoms. The molecule has 0 aliphatic carbocycles. The number of amides is 10. The minimum Gasteiger partial charge on any atom is -0.508 e. The molecule has 0 saturated carbocycles. The van der Waals surface area contributed by atoms with E-state index >= 15 is 0 Å². The average Bonchev–Trinajstić information content (AvgIpc) is 4.16. The third kappa shape index (κ3) is 16.6. The Kier molecular flexibility index (Phi) is 21.6. The molecule has 0 spiro atoms. The highest BCUT2D eigenvalue weighted by molar-refractivity contribution is 5.99. The van der Waals surface area contributed by atoms with E-state index in [2.05, 4.69) is 37.2 Å². The van der Waals surface area contributed by atoms with Crippen LogP contribution in [-0.4, -0.2) is 194 Å². The van der Waals surface area contributed by atoms with E-state index < -0.39 is 165 Å². The molecule has 1 aromatic carbocycles. The number of nitrogens with zero attached hydrogens (tertiary/aromatic N) is 2. The highest BCUT2D eigenvalue weighted by Crippen LogP contribution is 2.23. The number of hydrogen-bond donors (Lipinski definition) is 14. The van der Waals surface area contributed by atoms with E-state index in [4.69, 9.17) is 11.5 Å². The van der Waals surface area contributed by atoms with Crippen molar-refractivity contribution >= 4 is 71.0 Å². The number of nitrogens with one attached hydrogen (secondary N) is 7. The highest BCUT2D eigenvalue weighted by atomic mass is 16.4. The number of phenolic OH excluding ortho intramolecular Hbond substituents is 1. The summed E-state index contributed by atoms with van der Waals surface area (Å²) in [5.41, 5.74) is 11.0. The lowest BCUT2D eigenvalue weighted by Gasteiger charge is -2.31. The number of carboxylic acid groups (broad SMARTS) is 2. The number of aliphatic carboxylic acids is 2. The smallest absolute Gasteiger partial charge is 0.326 e. The van der Waals surface area contributed by atoms with Crippen LogP contribution in [0.25, 0.3) is 0 Å². The van der Waals surface area contributed by atoms with Crippen LogP contribution in [-0.2, 0) is 64.0 Å². The minimum atomic E-state index is -1.95. The molecule has 3 fully saturated rings. The van der Waals surface area contributed by atoms with Crippen LogP contribution in [0.1, 0.15) is 76.2 Å². The van der Waals surface area contributed by atoms with E-state index in [9.17, 15) is 83.1 Å². The number of phenols is 1. The largest absolute Gasteiger partial charge is 0.508 e. The van der Waals surface area contributed by atoms with E-state index in [0.29, 0.717) is 37.9 Å². The number of hydrogen-bond acceptors (Lipinski definition) is 16. The van der Waals surface area contributed by atoms with Crippen LogP contribution in [0, 0.1) is 0 Å². The summed E-state index contributed by atoms with van der Waals surface area (Å²) in [6.45, 7) is -1.04. The zero-order valence-electron chi connectivity index (χ0n) is 39.2. The summed E-state index contributed by atoms with van der Waals surface area (Å²) >= 11 is 0. The summed E-state index contributed by atoms with van der Waals surface area (Å²) in [5, 5.41) is 65.6. The zero-order chi connectivity index (χ0) is 53.2. The number of carbonyl (C=O) groups excluding carboxylic acids is 10. The first-order valence-corrected chi connectivity index (χ1v) is 23.3. The van der Waals surface area contributed by atoms with Gasteiger partial charge in [0.05, 0.1) is 25.7 Å². The fourth-order valence-corrected chi connectivity index (χ4v) is 8.48. The molecule has 0 radical (unpaired) electrons. The maximum absolute atomic E-state index is 13.9. The van der Waals surface area contributed by atoms with Crippen molar-refractivity contribution in [3.8, 4) is 5.75 Å². The second kappa shape index (κ2) is 27.2. The van der Waals surface area contributed by atoms with Gasteiger partial charge in [-0.1, -0.05) is 12.1 Å². The van der Waals surface area contributed by atoms with E-state index in [-0.39, 0.29) is 37.5 Å². The summed E-state index contributed by atoms with van der Waals surface area (Å²) in [6.07, 6.45) is -1.15. The number of carboxylic acids is 2. The van der Waals surface area contributed by atoms with Gasteiger partial charge < -0.3 is 84.0 Å². The Bertz CT molecular complexity index is 2190.